The summed E-state index contributed by atoms with van der Waals surface area (Å²) in [6.07, 6.45) is -4.53. The van der Waals surface area contributed by atoms with Crippen LogP contribution in [0, 0.1) is 6.92 Å². The first kappa shape index (κ1) is 17.0. The van der Waals surface area contributed by atoms with Gasteiger partial charge in [0.1, 0.15) is 5.69 Å². The monoisotopic (exact) mass is 324 g/mol. The molecule has 7 heteroatoms. The third-order valence-electron chi connectivity index (χ3n) is 3.12. The molecule has 0 fully saturated rings. The maximum atomic E-state index is 12.6. The Morgan fingerprint density at radius 2 is 2.00 bits per heavy atom. The summed E-state index contributed by atoms with van der Waals surface area (Å²) in [7, 11) is 1.56. The van der Waals surface area contributed by atoms with Crippen molar-refractivity contribution in [3.8, 4) is 0 Å². The molecule has 0 aliphatic rings. The van der Waals surface area contributed by atoms with Crippen LogP contribution in [0.5, 0.6) is 0 Å². The molecule has 2 rings (SSSR count). The number of carbonyl (C=O) groups excluding carboxylic acids is 1. The summed E-state index contributed by atoms with van der Waals surface area (Å²) < 4.78 is 42.8. The van der Waals surface area contributed by atoms with Crippen LogP contribution in [0.4, 0.5) is 18.9 Å². The quantitative estimate of drug-likeness (QED) is 0.930. The average Bonchev–Trinajstić information content (AvgIpc) is 2.46. The molecule has 1 aromatic carbocycles. The maximum absolute atomic E-state index is 12.6. The standard InChI is InChI=1S/C16H15F3N2O2/c1-10-13(6-7-14(20-10)16(17,18)19)15(22)21-12-5-3-4-11(8-12)9-23-2/h3-8H,9H2,1-2H3,(H,21,22). The van der Waals surface area contributed by atoms with E-state index in [1.165, 1.54) is 6.92 Å². The molecule has 2 aromatic rings. The molecule has 1 heterocycles. The number of halogens is 3. The number of carbonyl (C=O) groups is 1. The second-order valence-corrected chi connectivity index (χ2v) is 4.91. The molecular formula is C16H15F3N2O2. The molecule has 0 radical (unpaired) electrons. The van der Waals surface area contributed by atoms with Crippen LogP contribution in [0.2, 0.25) is 0 Å². The number of alkyl halides is 3. The molecule has 1 aromatic heterocycles. The lowest BCUT2D eigenvalue weighted by atomic mass is 10.1. The van der Waals surface area contributed by atoms with Gasteiger partial charge in [0, 0.05) is 12.8 Å². The zero-order chi connectivity index (χ0) is 17.0. The lowest BCUT2D eigenvalue weighted by Crippen LogP contribution is -2.16. The van der Waals surface area contributed by atoms with Gasteiger partial charge in [0.05, 0.1) is 17.9 Å². The van der Waals surface area contributed by atoms with Crippen LogP contribution in [0.1, 0.15) is 27.3 Å². The highest BCUT2D eigenvalue weighted by atomic mass is 19.4. The summed E-state index contributed by atoms with van der Waals surface area (Å²) in [5.74, 6) is -0.515. The highest BCUT2D eigenvalue weighted by Gasteiger charge is 2.33. The van der Waals surface area contributed by atoms with Crippen molar-refractivity contribution in [3.63, 3.8) is 0 Å². The van der Waals surface area contributed by atoms with E-state index in [0.29, 0.717) is 12.3 Å². The minimum atomic E-state index is -4.53. The van der Waals surface area contributed by atoms with Gasteiger partial charge in [0.2, 0.25) is 0 Å². The molecule has 1 N–H and O–H groups in total. The van der Waals surface area contributed by atoms with Gasteiger partial charge >= 0.3 is 6.18 Å². The summed E-state index contributed by atoms with van der Waals surface area (Å²) in [6.45, 7) is 1.76. The fraction of sp³-hybridized carbons (Fsp3) is 0.250. The van der Waals surface area contributed by atoms with Gasteiger partial charge in [-0.3, -0.25) is 4.79 Å². The summed E-state index contributed by atoms with van der Waals surface area (Å²) in [6, 6.07) is 8.92. The van der Waals surface area contributed by atoms with E-state index < -0.39 is 17.8 Å². The number of nitrogens with one attached hydrogen (secondary N) is 1. The van der Waals surface area contributed by atoms with Crippen molar-refractivity contribution >= 4 is 11.6 Å². The Balaban J connectivity index is 2.19. The molecule has 0 aliphatic carbocycles. The van der Waals surface area contributed by atoms with Crippen molar-refractivity contribution in [1.82, 2.24) is 4.98 Å². The Morgan fingerprint density at radius 3 is 2.61 bits per heavy atom. The largest absolute Gasteiger partial charge is 0.433 e. The number of aromatic nitrogens is 1. The van der Waals surface area contributed by atoms with Crippen molar-refractivity contribution in [2.75, 3.05) is 12.4 Å². The summed E-state index contributed by atoms with van der Waals surface area (Å²) >= 11 is 0. The number of anilines is 1. The van der Waals surface area contributed by atoms with Crippen LogP contribution in [-0.4, -0.2) is 18.0 Å². The number of ether oxygens (including phenoxy) is 1. The Bertz CT molecular complexity index is 715. The van der Waals surface area contributed by atoms with E-state index in [9.17, 15) is 18.0 Å². The van der Waals surface area contributed by atoms with Gasteiger partial charge in [-0.15, -0.1) is 0 Å². The molecule has 1 amide bonds. The Kier molecular flexibility index (Phi) is 5.00. The van der Waals surface area contributed by atoms with Gasteiger partial charge in [-0.05, 0) is 36.8 Å². The van der Waals surface area contributed by atoms with Crippen LogP contribution in [0.25, 0.3) is 0 Å². The normalized spacial score (nSPS) is 11.3. The Morgan fingerprint density at radius 1 is 1.26 bits per heavy atom. The topological polar surface area (TPSA) is 51.2 Å². The summed E-state index contributed by atoms with van der Waals surface area (Å²) in [5, 5.41) is 2.64. The number of amides is 1. The van der Waals surface area contributed by atoms with Crippen LogP contribution in [-0.2, 0) is 17.5 Å². The van der Waals surface area contributed by atoms with Gasteiger partial charge in [-0.2, -0.15) is 13.2 Å². The van der Waals surface area contributed by atoms with Crippen molar-refractivity contribution in [2.24, 2.45) is 0 Å². The van der Waals surface area contributed by atoms with E-state index in [-0.39, 0.29) is 11.3 Å². The lowest BCUT2D eigenvalue weighted by molar-refractivity contribution is -0.141. The van der Waals surface area contributed by atoms with Crippen molar-refractivity contribution in [2.45, 2.75) is 19.7 Å². The molecule has 0 saturated carbocycles. The Labute approximate surface area is 131 Å². The molecule has 122 valence electrons. The molecule has 23 heavy (non-hydrogen) atoms. The molecule has 0 bridgehead atoms. The number of aryl methyl sites for hydroxylation is 1. The molecule has 0 spiro atoms. The molecule has 0 aliphatic heterocycles. The number of methoxy groups -OCH3 is 1. The van der Waals surface area contributed by atoms with Crippen LogP contribution in [0.3, 0.4) is 0 Å². The smallest absolute Gasteiger partial charge is 0.380 e. The number of benzene rings is 1. The fourth-order valence-corrected chi connectivity index (χ4v) is 2.06. The first-order chi connectivity index (χ1) is 10.8. The molecule has 0 saturated heterocycles. The SMILES string of the molecule is COCc1cccc(NC(=O)c2ccc(C(F)(F)F)nc2C)c1. The minimum Gasteiger partial charge on any atom is -0.380 e. The third kappa shape index (κ3) is 4.29. The second kappa shape index (κ2) is 6.78. The lowest BCUT2D eigenvalue weighted by Gasteiger charge is -2.11. The molecular weight excluding hydrogens is 309 g/mol. The van der Waals surface area contributed by atoms with E-state index in [1.807, 2.05) is 6.07 Å². The molecule has 0 atom stereocenters. The first-order valence-electron chi connectivity index (χ1n) is 6.75. The zero-order valence-corrected chi connectivity index (χ0v) is 12.6. The number of rotatable bonds is 4. The summed E-state index contributed by atoms with van der Waals surface area (Å²) in [4.78, 5) is 15.6. The van der Waals surface area contributed by atoms with E-state index in [2.05, 4.69) is 10.3 Å². The van der Waals surface area contributed by atoms with Gasteiger partial charge in [-0.25, -0.2) is 4.98 Å². The van der Waals surface area contributed by atoms with E-state index in [4.69, 9.17) is 4.74 Å². The van der Waals surface area contributed by atoms with Gasteiger partial charge in [0.15, 0.2) is 0 Å². The Hall–Kier alpha value is -2.41. The first-order valence-corrected chi connectivity index (χ1v) is 6.75. The number of nitrogens with zero attached hydrogens (tertiary/aromatic N) is 1. The van der Waals surface area contributed by atoms with Crippen molar-refractivity contribution in [3.05, 3.63) is 58.9 Å². The number of pyridine rings is 1. The maximum Gasteiger partial charge on any atom is 0.433 e. The van der Waals surface area contributed by atoms with Gasteiger partial charge in [-0.1, -0.05) is 12.1 Å². The average molecular weight is 324 g/mol. The summed E-state index contributed by atoms with van der Waals surface area (Å²) in [5.41, 5.74) is 0.491. The van der Waals surface area contributed by atoms with Crippen LogP contribution in [0.15, 0.2) is 36.4 Å². The minimum absolute atomic E-state index is 0.0189. The van der Waals surface area contributed by atoms with Gasteiger partial charge < -0.3 is 10.1 Å². The molecule has 0 unspecified atom stereocenters. The third-order valence-corrected chi connectivity index (χ3v) is 3.12. The highest BCUT2D eigenvalue weighted by Crippen LogP contribution is 2.28. The predicted octanol–water partition coefficient (Wildman–Crippen LogP) is 3.81. The second-order valence-electron chi connectivity index (χ2n) is 4.91. The fourth-order valence-electron chi connectivity index (χ4n) is 2.06. The highest BCUT2D eigenvalue weighted by molar-refractivity contribution is 6.05. The zero-order valence-electron chi connectivity index (χ0n) is 12.6. The van der Waals surface area contributed by atoms with E-state index in [1.54, 1.807) is 25.3 Å². The van der Waals surface area contributed by atoms with Crippen LogP contribution >= 0.6 is 0 Å². The van der Waals surface area contributed by atoms with E-state index in [0.717, 1.165) is 17.7 Å². The number of hydrogen-bond acceptors (Lipinski definition) is 3. The van der Waals surface area contributed by atoms with Gasteiger partial charge in [0.25, 0.3) is 5.91 Å². The van der Waals surface area contributed by atoms with Crippen molar-refractivity contribution < 1.29 is 22.7 Å². The van der Waals surface area contributed by atoms with E-state index >= 15 is 0 Å². The molecule has 4 nitrogen and oxygen atoms in total. The van der Waals surface area contributed by atoms with Crippen molar-refractivity contribution in [1.29, 1.82) is 0 Å². The number of hydrogen-bond donors (Lipinski definition) is 1. The predicted molar refractivity (Wildman–Crippen MR) is 79.1 cm³/mol. The van der Waals surface area contributed by atoms with Crippen LogP contribution < -0.4 is 5.32 Å².